The van der Waals surface area contributed by atoms with Gasteiger partial charge in [0.2, 0.25) is 10.0 Å². The SMILES string of the molecule is CC(C)COCCNS(=O)(=O)c1ccccc1CO. The zero-order chi connectivity index (χ0) is 14.3. The summed E-state index contributed by atoms with van der Waals surface area (Å²) in [6, 6.07) is 6.38. The second kappa shape index (κ2) is 7.59. The second-order valence-corrected chi connectivity index (χ2v) is 6.37. The molecule has 0 radical (unpaired) electrons. The van der Waals surface area contributed by atoms with Crippen molar-refractivity contribution in [2.45, 2.75) is 25.3 Å². The highest BCUT2D eigenvalue weighted by Crippen LogP contribution is 2.14. The lowest BCUT2D eigenvalue weighted by Crippen LogP contribution is -2.28. The predicted molar refractivity (Wildman–Crippen MR) is 73.2 cm³/mol. The van der Waals surface area contributed by atoms with E-state index >= 15 is 0 Å². The van der Waals surface area contributed by atoms with Gasteiger partial charge in [-0.15, -0.1) is 0 Å². The zero-order valence-electron chi connectivity index (χ0n) is 11.3. The molecule has 0 bridgehead atoms. The Balaban J connectivity index is 2.56. The fourth-order valence-electron chi connectivity index (χ4n) is 1.54. The highest BCUT2D eigenvalue weighted by molar-refractivity contribution is 7.89. The summed E-state index contributed by atoms with van der Waals surface area (Å²) < 4.78 is 31.8. The van der Waals surface area contributed by atoms with Crippen molar-refractivity contribution in [1.82, 2.24) is 4.72 Å². The Labute approximate surface area is 114 Å². The van der Waals surface area contributed by atoms with Crippen molar-refractivity contribution in [2.24, 2.45) is 5.92 Å². The predicted octanol–water partition coefficient (Wildman–Crippen LogP) is 1.13. The van der Waals surface area contributed by atoms with E-state index in [4.69, 9.17) is 9.84 Å². The van der Waals surface area contributed by atoms with E-state index < -0.39 is 10.0 Å². The van der Waals surface area contributed by atoms with Crippen LogP contribution in [0.25, 0.3) is 0 Å². The number of ether oxygens (including phenoxy) is 1. The lowest BCUT2D eigenvalue weighted by molar-refractivity contribution is 0.114. The van der Waals surface area contributed by atoms with Crippen molar-refractivity contribution in [2.75, 3.05) is 19.8 Å². The summed E-state index contributed by atoms with van der Waals surface area (Å²) in [4.78, 5) is 0.112. The molecule has 0 fully saturated rings. The number of aliphatic hydroxyl groups is 1. The molecule has 0 spiro atoms. The summed E-state index contributed by atoms with van der Waals surface area (Å²) >= 11 is 0. The first-order valence-corrected chi connectivity index (χ1v) is 7.72. The molecule has 1 aromatic rings. The molecule has 0 aliphatic rings. The summed E-state index contributed by atoms with van der Waals surface area (Å²) in [5, 5.41) is 9.14. The molecular weight excluding hydrogens is 266 g/mol. The van der Waals surface area contributed by atoms with Gasteiger partial charge in [-0.25, -0.2) is 13.1 Å². The molecule has 0 unspecified atom stereocenters. The minimum atomic E-state index is -3.59. The number of hydrogen-bond donors (Lipinski definition) is 2. The quantitative estimate of drug-likeness (QED) is 0.703. The number of rotatable bonds is 8. The molecule has 108 valence electrons. The van der Waals surface area contributed by atoms with Crippen LogP contribution in [0.3, 0.4) is 0 Å². The van der Waals surface area contributed by atoms with E-state index in [0.29, 0.717) is 24.7 Å². The minimum Gasteiger partial charge on any atom is -0.392 e. The van der Waals surface area contributed by atoms with Crippen LogP contribution in [0.1, 0.15) is 19.4 Å². The minimum absolute atomic E-state index is 0.112. The molecule has 19 heavy (non-hydrogen) atoms. The van der Waals surface area contributed by atoms with Crippen LogP contribution in [0.15, 0.2) is 29.2 Å². The van der Waals surface area contributed by atoms with Crippen molar-refractivity contribution in [1.29, 1.82) is 0 Å². The fraction of sp³-hybridized carbons (Fsp3) is 0.538. The second-order valence-electron chi connectivity index (χ2n) is 4.63. The van der Waals surface area contributed by atoms with E-state index in [0.717, 1.165) is 0 Å². The highest BCUT2D eigenvalue weighted by Gasteiger charge is 2.16. The van der Waals surface area contributed by atoms with Crippen LogP contribution < -0.4 is 4.72 Å². The van der Waals surface area contributed by atoms with E-state index in [1.807, 2.05) is 13.8 Å². The van der Waals surface area contributed by atoms with Gasteiger partial charge in [0.15, 0.2) is 0 Å². The van der Waals surface area contributed by atoms with Gasteiger partial charge in [-0.1, -0.05) is 32.0 Å². The molecule has 2 N–H and O–H groups in total. The molecule has 6 heteroatoms. The van der Waals surface area contributed by atoms with Crippen molar-refractivity contribution in [3.05, 3.63) is 29.8 Å². The fourth-order valence-corrected chi connectivity index (χ4v) is 2.78. The average Bonchev–Trinajstić information content (AvgIpc) is 2.37. The Kier molecular flexibility index (Phi) is 6.44. The maximum atomic E-state index is 12.0. The van der Waals surface area contributed by atoms with Gasteiger partial charge >= 0.3 is 0 Å². The summed E-state index contributed by atoms with van der Waals surface area (Å²) in [5.74, 6) is 0.423. The normalized spacial score (nSPS) is 12.0. The first-order chi connectivity index (χ1) is 8.97. The Bertz CT molecular complexity index is 485. The largest absolute Gasteiger partial charge is 0.392 e. The zero-order valence-corrected chi connectivity index (χ0v) is 12.1. The molecule has 1 aromatic carbocycles. The third-order valence-corrected chi connectivity index (χ3v) is 3.98. The molecule has 0 amide bonds. The number of nitrogens with one attached hydrogen (secondary N) is 1. The van der Waals surface area contributed by atoms with Gasteiger partial charge in [0.25, 0.3) is 0 Å². The maximum Gasteiger partial charge on any atom is 0.241 e. The van der Waals surface area contributed by atoms with Crippen molar-refractivity contribution >= 4 is 10.0 Å². The first-order valence-electron chi connectivity index (χ1n) is 6.23. The number of aliphatic hydroxyl groups excluding tert-OH is 1. The lowest BCUT2D eigenvalue weighted by Gasteiger charge is -2.11. The average molecular weight is 287 g/mol. The summed E-state index contributed by atoms with van der Waals surface area (Å²) in [6.07, 6.45) is 0. The summed E-state index contributed by atoms with van der Waals surface area (Å²) in [7, 11) is -3.59. The molecule has 0 aromatic heterocycles. The molecule has 0 saturated carbocycles. The Morgan fingerprint density at radius 2 is 2.00 bits per heavy atom. The van der Waals surface area contributed by atoms with Crippen LogP contribution in [0.5, 0.6) is 0 Å². The molecule has 0 atom stereocenters. The van der Waals surface area contributed by atoms with Crippen LogP contribution in [-0.4, -0.2) is 33.3 Å². The van der Waals surface area contributed by atoms with Gasteiger partial charge in [0, 0.05) is 13.2 Å². The van der Waals surface area contributed by atoms with Gasteiger partial charge in [0.1, 0.15) is 0 Å². The molecule has 1 rings (SSSR count). The van der Waals surface area contributed by atoms with Crippen LogP contribution in [-0.2, 0) is 21.4 Å². The van der Waals surface area contributed by atoms with Gasteiger partial charge in [-0.2, -0.15) is 0 Å². The summed E-state index contributed by atoms with van der Waals surface area (Å²) in [5.41, 5.74) is 0.387. The molecule has 5 nitrogen and oxygen atoms in total. The number of sulfonamides is 1. The highest BCUT2D eigenvalue weighted by atomic mass is 32.2. The Hall–Kier alpha value is -0.950. The number of hydrogen-bond acceptors (Lipinski definition) is 4. The third-order valence-electron chi connectivity index (χ3n) is 2.42. The van der Waals surface area contributed by atoms with E-state index in [2.05, 4.69) is 4.72 Å². The summed E-state index contributed by atoms with van der Waals surface area (Å²) in [6.45, 7) is 4.91. The van der Waals surface area contributed by atoms with Gasteiger partial charge < -0.3 is 9.84 Å². The van der Waals surface area contributed by atoms with E-state index in [-0.39, 0.29) is 18.0 Å². The first kappa shape index (κ1) is 16.1. The van der Waals surface area contributed by atoms with Crippen LogP contribution in [0, 0.1) is 5.92 Å². The molecule has 0 aliphatic carbocycles. The van der Waals surface area contributed by atoms with E-state index in [9.17, 15) is 8.42 Å². The molecule has 0 heterocycles. The molecule has 0 saturated heterocycles. The Morgan fingerprint density at radius 3 is 2.63 bits per heavy atom. The third kappa shape index (κ3) is 5.28. The van der Waals surface area contributed by atoms with Crippen molar-refractivity contribution in [3.8, 4) is 0 Å². The van der Waals surface area contributed by atoms with Crippen molar-refractivity contribution < 1.29 is 18.3 Å². The van der Waals surface area contributed by atoms with Gasteiger partial charge in [-0.3, -0.25) is 0 Å². The van der Waals surface area contributed by atoms with Crippen LogP contribution >= 0.6 is 0 Å². The van der Waals surface area contributed by atoms with Gasteiger partial charge in [0.05, 0.1) is 18.1 Å². The molecule has 0 aliphatic heterocycles. The lowest BCUT2D eigenvalue weighted by atomic mass is 10.2. The number of benzene rings is 1. The van der Waals surface area contributed by atoms with E-state index in [1.165, 1.54) is 6.07 Å². The van der Waals surface area contributed by atoms with Crippen molar-refractivity contribution in [3.63, 3.8) is 0 Å². The standard InChI is InChI=1S/C13H21NO4S/c1-11(2)10-18-8-7-14-19(16,17)13-6-4-3-5-12(13)9-15/h3-6,11,14-15H,7-10H2,1-2H3. The Morgan fingerprint density at radius 1 is 1.32 bits per heavy atom. The maximum absolute atomic E-state index is 12.0. The molecular formula is C13H21NO4S. The monoisotopic (exact) mass is 287 g/mol. The van der Waals surface area contributed by atoms with Gasteiger partial charge in [-0.05, 0) is 17.5 Å². The van der Waals surface area contributed by atoms with E-state index in [1.54, 1.807) is 18.2 Å². The smallest absolute Gasteiger partial charge is 0.241 e. The van der Waals surface area contributed by atoms with Crippen LogP contribution in [0.4, 0.5) is 0 Å². The topological polar surface area (TPSA) is 75.6 Å². The van der Waals surface area contributed by atoms with Crippen LogP contribution in [0.2, 0.25) is 0 Å².